The van der Waals surface area contributed by atoms with Gasteiger partial charge in [0.1, 0.15) is 6.61 Å². The molecule has 1 aromatic heterocycles. The molecule has 0 bridgehead atoms. The second kappa shape index (κ2) is 7.82. The van der Waals surface area contributed by atoms with Gasteiger partial charge in [0.05, 0.1) is 6.04 Å². The van der Waals surface area contributed by atoms with E-state index in [-0.39, 0.29) is 23.6 Å². The number of aromatic nitrogens is 1. The largest absolute Gasteiger partial charge is 0.448 e. The first kappa shape index (κ1) is 18.7. The molecular weight excluding hydrogens is 376 g/mol. The molecule has 5 nitrogen and oxygen atoms in total. The fourth-order valence-corrected chi connectivity index (χ4v) is 4.85. The predicted molar refractivity (Wildman–Crippen MR) is 115 cm³/mol. The van der Waals surface area contributed by atoms with Gasteiger partial charge in [-0.1, -0.05) is 48.5 Å². The molecule has 5 heteroatoms. The number of hydrogen-bond donors (Lipinski definition) is 1. The molecule has 1 amide bonds. The fraction of sp³-hybridized carbons (Fsp3) is 0.280. The maximum Gasteiger partial charge on any atom is 0.410 e. The van der Waals surface area contributed by atoms with Crippen LogP contribution >= 0.6 is 0 Å². The maximum atomic E-state index is 13.1. The van der Waals surface area contributed by atoms with E-state index in [1.54, 1.807) is 23.2 Å². The summed E-state index contributed by atoms with van der Waals surface area (Å²) in [5.41, 5.74) is 5.30. The Kier molecular flexibility index (Phi) is 4.87. The third kappa shape index (κ3) is 3.20. The summed E-state index contributed by atoms with van der Waals surface area (Å²) in [5.74, 6) is 0.0321. The van der Waals surface area contributed by atoms with Crippen molar-refractivity contribution in [3.05, 3.63) is 93.9 Å². The van der Waals surface area contributed by atoms with E-state index in [0.29, 0.717) is 18.7 Å². The van der Waals surface area contributed by atoms with Gasteiger partial charge in [-0.2, -0.15) is 0 Å². The molecule has 2 aliphatic rings. The third-order valence-corrected chi connectivity index (χ3v) is 6.28. The Morgan fingerprint density at radius 3 is 2.30 bits per heavy atom. The number of carbonyl (C=O) groups is 1. The Hall–Kier alpha value is -3.34. The molecule has 1 unspecified atom stereocenters. The number of rotatable bonds is 3. The Morgan fingerprint density at radius 1 is 0.933 bits per heavy atom. The van der Waals surface area contributed by atoms with Crippen molar-refractivity contribution in [1.82, 2.24) is 9.88 Å². The molecular formula is C25H24N2O3. The highest BCUT2D eigenvalue weighted by molar-refractivity contribution is 5.79. The molecule has 1 N–H and O–H groups in total. The van der Waals surface area contributed by atoms with E-state index >= 15 is 0 Å². The topological polar surface area (TPSA) is 62.4 Å². The number of carbonyl (C=O) groups excluding carboxylic acids is 1. The van der Waals surface area contributed by atoms with Crippen LogP contribution in [-0.2, 0) is 4.74 Å². The van der Waals surface area contributed by atoms with Crippen LogP contribution in [0.3, 0.4) is 0 Å². The minimum Gasteiger partial charge on any atom is -0.448 e. The molecule has 3 aromatic rings. The predicted octanol–water partition coefficient (Wildman–Crippen LogP) is 4.85. The van der Waals surface area contributed by atoms with Crippen LogP contribution in [0.5, 0.6) is 0 Å². The number of hydrogen-bond acceptors (Lipinski definition) is 3. The Bertz CT molecular complexity index is 1090. The van der Waals surface area contributed by atoms with Crippen molar-refractivity contribution in [2.24, 2.45) is 0 Å². The molecule has 2 heterocycles. The lowest BCUT2D eigenvalue weighted by atomic mass is 9.96. The number of amides is 1. The van der Waals surface area contributed by atoms with Gasteiger partial charge in [0.25, 0.3) is 5.56 Å². The van der Waals surface area contributed by atoms with E-state index in [4.69, 9.17) is 4.74 Å². The zero-order valence-electron chi connectivity index (χ0n) is 16.7. The van der Waals surface area contributed by atoms with Crippen LogP contribution in [0.15, 0.2) is 71.7 Å². The number of benzene rings is 2. The van der Waals surface area contributed by atoms with Gasteiger partial charge in [0.15, 0.2) is 0 Å². The minimum atomic E-state index is -0.343. The first-order valence-electron chi connectivity index (χ1n) is 10.5. The van der Waals surface area contributed by atoms with Crippen molar-refractivity contribution in [3.63, 3.8) is 0 Å². The van der Waals surface area contributed by atoms with Gasteiger partial charge in [-0.05, 0) is 53.6 Å². The summed E-state index contributed by atoms with van der Waals surface area (Å²) < 4.78 is 5.85. The molecule has 5 rings (SSSR count). The van der Waals surface area contributed by atoms with Gasteiger partial charge in [0, 0.05) is 24.2 Å². The van der Waals surface area contributed by atoms with E-state index in [2.05, 4.69) is 29.2 Å². The molecule has 2 aromatic carbocycles. The van der Waals surface area contributed by atoms with Crippen LogP contribution < -0.4 is 5.56 Å². The number of piperidine rings is 1. The minimum absolute atomic E-state index is 0.0321. The number of fused-ring (bicyclic) bond motifs is 3. The second-order valence-electron chi connectivity index (χ2n) is 7.96. The number of nitrogens with zero attached hydrogens (tertiary/aromatic N) is 1. The first-order chi connectivity index (χ1) is 14.7. The van der Waals surface area contributed by atoms with Crippen molar-refractivity contribution in [1.29, 1.82) is 0 Å². The highest BCUT2D eigenvalue weighted by atomic mass is 16.6. The number of H-pyrrole nitrogens is 1. The summed E-state index contributed by atoms with van der Waals surface area (Å²) in [6.07, 6.45) is 3.96. The molecule has 152 valence electrons. The highest BCUT2D eigenvalue weighted by Crippen LogP contribution is 2.44. The molecule has 1 aliphatic carbocycles. The number of ether oxygens (including phenoxy) is 1. The summed E-state index contributed by atoms with van der Waals surface area (Å²) in [7, 11) is 0. The van der Waals surface area contributed by atoms with Gasteiger partial charge in [-0.15, -0.1) is 0 Å². The standard InChI is InChI=1S/C25H24N2O3/c28-24-21(12-7-14-26-24)23-13-5-6-15-27(23)25(29)30-16-22-19-10-3-1-8-17(19)18-9-2-4-11-20(18)22/h1-4,7-12,14,22-23H,5-6,13,15-16H2,(H,26,28). The van der Waals surface area contributed by atoms with Crippen LogP contribution in [0.1, 0.15) is 47.9 Å². The number of likely N-dealkylation sites (tertiary alicyclic amines) is 1. The monoisotopic (exact) mass is 400 g/mol. The Labute approximate surface area is 175 Å². The van der Waals surface area contributed by atoms with Crippen molar-refractivity contribution >= 4 is 6.09 Å². The van der Waals surface area contributed by atoms with E-state index in [1.165, 1.54) is 22.3 Å². The zero-order valence-corrected chi connectivity index (χ0v) is 16.7. The molecule has 30 heavy (non-hydrogen) atoms. The van der Waals surface area contributed by atoms with E-state index in [0.717, 1.165) is 19.3 Å². The fourth-order valence-electron chi connectivity index (χ4n) is 4.85. The van der Waals surface area contributed by atoms with Crippen LogP contribution in [0.25, 0.3) is 11.1 Å². The Balaban J connectivity index is 1.37. The van der Waals surface area contributed by atoms with Gasteiger partial charge in [0.2, 0.25) is 0 Å². The summed E-state index contributed by atoms with van der Waals surface area (Å²) in [6.45, 7) is 0.900. The lowest BCUT2D eigenvalue weighted by Gasteiger charge is -2.35. The SMILES string of the molecule is O=C(OCC1c2ccccc2-c2ccccc21)N1CCCCC1c1ccc[nH]c1=O. The average Bonchev–Trinajstić information content (AvgIpc) is 3.12. The quantitative estimate of drug-likeness (QED) is 0.684. The molecule has 0 saturated carbocycles. The normalized spacial score (nSPS) is 18.0. The smallest absolute Gasteiger partial charge is 0.410 e. The lowest BCUT2D eigenvalue weighted by molar-refractivity contribution is 0.0707. The van der Waals surface area contributed by atoms with Crippen molar-refractivity contribution < 1.29 is 9.53 Å². The van der Waals surface area contributed by atoms with Gasteiger partial charge in [-0.25, -0.2) is 4.79 Å². The molecule has 1 fully saturated rings. The summed E-state index contributed by atoms with van der Waals surface area (Å²) in [4.78, 5) is 29.8. The lowest BCUT2D eigenvalue weighted by Crippen LogP contribution is -2.41. The molecule has 1 saturated heterocycles. The summed E-state index contributed by atoms with van der Waals surface area (Å²) in [6, 6.07) is 20.0. The van der Waals surface area contributed by atoms with Crippen LogP contribution in [0.2, 0.25) is 0 Å². The second-order valence-corrected chi connectivity index (χ2v) is 7.96. The van der Waals surface area contributed by atoms with Crippen molar-refractivity contribution in [2.75, 3.05) is 13.2 Å². The summed E-state index contributed by atoms with van der Waals surface area (Å²) >= 11 is 0. The van der Waals surface area contributed by atoms with Crippen molar-refractivity contribution in [3.8, 4) is 11.1 Å². The number of nitrogens with one attached hydrogen (secondary N) is 1. The van der Waals surface area contributed by atoms with Gasteiger partial charge in [-0.3, -0.25) is 4.79 Å². The van der Waals surface area contributed by atoms with Crippen LogP contribution in [-0.4, -0.2) is 29.1 Å². The molecule has 0 spiro atoms. The highest BCUT2D eigenvalue weighted by Gasteiger charge is 2.33. The zero-order chi connectivity index (χ0) is 20.5. The molecule has 0 radical (unpaired) electrons. The van der Waals surface area contributed by atoms with E-state index in [9.17, 15) is 9.59 Å². The summed E-state index contributed by atoms with van der Waals surface area (Å²) in [5, 5.41) is 0. The molecule has 1 atom stereocenters. The van der Waals surface area contributed by atoms with Crippen molar-refractivity contribution in [2.45, 2.75) is 31.2 Å². The van der Waals surface area contributed by atoms with E-state index < -0.39 is 0 Å². The average molecular weight is 400 g/mol. The van der Waals surface area contributed by atoms with Crippen LogP contribution in [0.4, 0.5) is 4.79 Å². The Morgan fingerprint density at radius 2 is 1.60 bits per heavy atom. The number of pyridine rings is 1. The maximum absolute atomic E-state index is 13.1. The molecule has 1 aliphatic heterocycles. The first-order valence-corrected chi connectivity index (χ1v) is 10.5. The van der Waals surface area contributed by atoms with Gasteiger partial charge < -0.3 is 14.6 Å². The third-order valence-electron chi connectivity index (χ3n) is 6.28. The number of aromatic amines is 1. The van der Waals surface area contributed by atoms with Gasteiger partial charge >= 0.3 is 6.09 Å². The van der Waals surface area contributed by atoms with E-state index in [1.807, 2.05) is 24.3 Å². The van der Waals surface area contributed by atoms with Crippen LogP contribution in [0, 0.1) is 0 Å².